The average molecular weight is 415 g/mol. The van der Waals surface area contributed by atoms with Crippen molar-refractivity contribution in [3.05, 3.63) is 53.2 Å². The second-order valence-corrected chi connectivity index (χ2v) is 8.69. The Morgan fingerprint density at radius 2 is 1.86 bits per heavy atom. The molecular formula is C22H27ClN4O2. The van der Waals surface area contributed by atoms with Crippen molar-refractivity contribution in [1.82, 2.24) is 9.88 Å². The van der Waals surface area contributed by atoms with Crippen LogP contribution in [0.5, 0.6) is 0 Å². The van der Waals surface area contributed by atoms with Gasteiger partial charge in [-0.25, -0.2) is 4.98 Å². The molecule has 7 heteroatoms. The third-order valence-corrected chi connectivity index (χ3v) is 5.10. The van der Waals surface area contributed by atoms with Gasteiger partial charge in [-0.3, -0.25) is 9.59 Å². The molecular weight excluding hydrogens is 388 g/mol. The van der Waals surface area contributed by atoms with E-state index in [1.165, 1.54) is 0 Å². The zero-order chi connectivity index (χ0) is 21.0. The molecule has 0 atom stereocenters. The van der Waals surface area contributed by atoms with Crippen molar-refractivity contribution in [3.63, 3.8) is 0 Å². The standard InChI is InChI=1S/C22H27ClN4O2/c1-22(2,3)21(29)25-18-8-9-19(24-15-18)26-10-5-11-27(13-12-26)20(28)16-6-4-7-17(23)14-16/h4,6-9,14-15H,5,10-13H2,1-3H3,(H,25,29). The van der Waals surface area contributed by atoms with E-state index in [1.54, 1.807) is 30.5 Å². The fourth-order valence-electron chi connectivity index (χ4n) is 3.12. The number of amides is 2. The van der Waals surface area contributed by atoms with Gasteiger partial charge in [0.25, 0.3) is 5.91 Å². The molecule has 1 aromatic carbocycles. The molecule has 1 saturated heterocycles. The second kappa shape index (κ2) is 8.82. The molecule has 0 unspecified atom stereocenters. The maximum Gasteiger partial charge on any atom is 0.253 e. The molecule has 2 heterocycles. The zero-order valence-corrected chi connectivity index (χ0v) is 17.9. The predicted octanol–water partition coefficient (Wildman–Crippen LogP) is 4.07. The lowest BCUT2D eigenvalue weighted by atomic mass is 9.96. The van der Waals surface area contributed by atoms with Gasteiger partial charge in [-0.1, -0.05) is 38.4 Å². The number of hydrogen-bond donors (Lipinski definition) is 1. The van der Waals surface area contributed by atoms with E-state index in [1.807, 2.05) is 37.8 Å². The largest absolute Gasteiger partial charge is 0.355 e. The Morgan fingerprint density at radius 3 is 2.52 bits per heavy atom. The predicted molar refractivity (Wildman–Crippen MR) is 117 cm³/mol. The maximum atomic E-state index is 12.8. The number of aromatic nitrogens is 1. The summed E-state index contributed by atoms with van der Waals surface area (Å²) in [5.74, 6) is 0.801. The summed E-state index contributed by atoms with van der Waals surface area (Å²) in [6.07, 6.45) is 2.54. The molecule has 2 amide bonds. The smallest absolute Gasteiger partial charge is 0.253 e. The number of halogens is 1. The highest BCUT2D eigenvalue weighted by Gasteiger charge is 2.23. The van der Waals surface area contributed by atoms with Crippen molar-refractivity contribution >= 4 is 34.9 Å². The second-order valence-electron chi connectivity index (χ2n) is 8.25. The van der Waals surface area contributed by atoms with E-state index < -0.39 is 5.41 Å². The van der Waals surface area contributed by atoms with Gasteiger partial charge in [0.15, 0.2) is 0 Å². The summed E-state index contributed by atoms with van der Waals surface area (Å²) < 4.78 is 0. The third-order valence-electron chi connectivity index (χ3n) is 4.87. The topological polar surface area (TPSA) is 65.5 Å². The van der Waals surface area contributed by atoms with Crippen molar-refractivity contribution in [2.75, 3.05) is 36.4 Å². The number of hydrogen-bond acceptors (Lipinski definition) is 4. The lowest BCUT2D eigenvalue weighted by Crippen LogP contribution is -2.35. The maximum absolute atomic E-state index is 12.8. The number of benzene rings is 1. The van der Waals surface area contributed by atoms with Crippen molar-refractivity contribution in [1.29, 1.82) is 0 Å². The summed E-state index contributed by atoms with van der Waals surface area (Å²) in [6.45, 7) is 8.46. The third kappa shape index (κ3) is 5.48. The summed E-state index contributed by atoms with van der Waals surface area (Å²) in [5.41, 5.74) is 0.840. The Kier molecular flexibility index (Phi) is 6.42. The highest BCUT2D eigenvalue weighted by atomic mass is 35.5. The molecule has 0 bridgehead atoms. The molecule has 1 fully saturated rings. The van der Waals surface area contributed by atoms with Gasteiger partial charge in [0.1, 0.15) is 5.82 Å². The lowest BCUT2D eigenvalue weighted by molar-refractivity contribution is -0.123. The van der Waals surface area contributed by atoms with E-state index in [0.29, 0.717) is 35.9 Å². The van der Waals surface area contributed by atoms with Gasteiger partial charge in [-0.05, 0) is 36.8 Å². The van der Waals surface area contributed by atoms with Crippen LogP contribution in [0.1, 0.15) is 37.6 Å². The SMILES string of the molecule is CC(C)(C)C(=O)Nc1ccc(N2CCCN(C(=O)c3cccc(Cl)c3)CC2)nc1. The molecule has 0 radical (unpaired) electrons. The quantitative estimate of drug-likeness (QED) is 0.822. The minimum absolute atomic E-state index is 0.00236. The van der Waals surface area contributed by atoms with Crippen LogP contribution < -0.4 is 10.2 Å². The van der Waals surface area contributed by atoms with Gasteiger partial charge in [0, 0.05) is 42.2 Å². The summed E-state index contributed by atoms with van der Waals surface area (Å²) in [4.78, 5) is 33.4. The molecule has 0 spiro atoms. The zero-order valence-electron chi connectivity index (χ0n) is 17.1. The first-order chi connectivity index (χ1) is 13.7. The summed E-state index contributed by atoms with van der Waals surface area (Å²) in [5, 5.41) is 3.45. The number of carbonyl (C=O) groups excluding carboxylic acids is 2. The summed E-state index contributed by atoms with van der Waals surface area (Å²) in [6, 6.07) is 10.8. The van der Waals surface area contributed by atoms with Crippen LogP contribution in [0.15, 0.2) is 42.6 Å². The van der Waals surface area contributed by atoms with Crippen LogP contribution in [0.4, 0.5) is 11.5 Å². The van der Waals surface area contributed by atoms with Crippen LogP contribution in [0.2, 0.25) is 5.02 Å². The van der Waals surface area contributed by atoms with Crippen molar-refractivity contribution < 1.29 is 9.59 Å². The van der Waals surface area contributed by atoms with Crippen LogP contribution in [-0.4, -0.2) is 47.9 Å². The van der Waals surface area contributed by atoms with E-state index >= 15 is 0 Å². The Labute approximate surface area is 176 Å². The normalized spacial score (nSPS) is 15.0. The van der Waals surface area contributed by atoms with Gasteiger partial charge in [0.05, 0.1) is 11.9 Å². The van der Waals surface area contributed by atoms with Crippen molar-refractivity contribution in [3.8, 4) is 0 Å². The Bertz CT molecular complexity index is 877. The molecule has 154 valence electrons. The highest BCUT2D eigenvalue weighted by Crippen LogP contribution is 2.20. The van der Waals surface area contributed by atoms with Crippen LogP contribution in [-0.2, 0) is 4.79 Å². The first kappa shape index (κ1) is 21.1. The minimum atomic E-state index is -0.456. The summed E-state index contributed by atoms with van der Waals surface area (Å²) >= 11 is 6.02. The Balaban J connectivity index is 1.62. The van der Waals surface area contributed by atoms with Gasteiger partial charge in [-0.2, -0.15) is 0 Å². The number of pyridine rings is 1. The van der Waals surface area contributed by atoms with E-state index in [4.69, 9.17) is 11.6 Å². The van der Waals surface area contributed by atoms with Crippen LogP contribution in [0.25, 0.3) is 0 Å². The number of nitrogens with zero attached hydrogens (tertiary/aromatic N) is 3. The number of rotatable bonds is 3. The minimum Gasteiger partial charge on any atom is -0.355 e. The van der Waals surface area contributed by atoms with E-state index in [2.05, 4.69) is 15.2 Å². The Hall–Kier alpha value is -2.60. The van der Waals surface area contributed by atoms with Gasteiger partial charge >= 0.3 is 0 Å². The van der Waals surface area contributed by atoms with Crippen LogP contribution >= 0.6 is 11.6 Å². The molecule has 0 saturated carbocycles. The van der Waals surface area contributed by atoms with Crippen molar-refractivity contribution in [2.45, 2.75) is 27.2 Å². The monoisotopic (exact) mass is 414 g/mol. The van der Waals surface area contributed by atoms with E-state index in [-0.39, 0.29) is 11.8 Å². The fourth-order valence-corrected chi connectivity index (χ4v) is 3.31. The van der Waals surface area contributed by atoms with E-state index in [0.717, 1.165) is 18.8 Å². The molecule has 3 rings (SSSR count). The molecule has 2 aromatic rings. The van der Waals surface area contributed by atoms with Gasteiger partial charge in [-0.15, -0.1) is 0 Å². The molecule has 1 N–H and O–H groups in total. The highest BCUT2D eigenvalue weighted by molar-refractivity contribution is 6.30. The average Bonchev–Trinajstić information content (AvgIpc) is 2.93. The van der Waals surface area contributed by atoms with Gasteiger partial charge < -0.3 is 15.1 Å². The molecule has 1 aliphatic heterocycles. The first-order valence-electron chi connectivity index (χ1n) is 9.81. The van der Waals surface area contributed by atoms with Gasteiger partial charge in [0.2, 0.25) is 5.91 Å². The molecule has 1 aromatic heterocycles. The Morgan fingerprint density at radius 1 is 1.07 bits per heavy atom. The van der Waals surface area contributed by atoms with Crippen LogP contribution in [0, 0.1) is 5.41 Å². The molecule has 6 nitrogen and oxygen atoms in total. The number of anilines is 2. The first-order valence-corrected chi connectivity index (χ1v) is 10.2. The molecule has 29 heavy (non-hydrogen) atoms. The number of carbonyl (C=O) groups is 2. The van der Waals surface area contributed by atoms with Crippen molar-refractivity contribution in [2.24, 2.45) is 5.41 Å². The fraction of sp³-hybridized carbons (Fsp3) is 0.409. The van der Waals surface area contributed by atoms with E-state index in [9.17, 15) is 9.59 Å². The lowest BCUT2D eigenvalue weighted by Gasteiger charge is -2.23. The number of nitrogens with one attached hydrogen (secondary N) is 1. The summed E-state index contributed by atoms with van der Waals surface area (Å²) in [7, 11) is 0. The molecule has 1 aliphatic rings. The van der Waals surface area contributed by atoms with Crippen LogP contribution in [0.3, 0.4) is 0 Å². The molecule has 0 aliphatic carbocycles.